The minimum atomic E-state index is -0.0119. The van der Waals surface area contributed by atoms with Gasteiger partial charge in [-0.25, -0.2) is 9.97 Å². The van der Waals surface area contributed by atoms with E-state index in [-0.39, 0.29) is 6.04 Å². The lowest BCUT2D eigenvalue weighted by atomic mass is 10.2. The van der Waals surface area contributed by atoms with E-state index >= 15 is 0 Å². The predicted octanol–water partition coefficient (Wildman–Crippen LogP) is 2.92. The van der Waals surface area contributed by atoms with Gasteiger partial charge in [-0.05, 0) is 43.7 Å². The quantitative estimate of drug-likeness (QED) is 0.557. The summed E-state index contributed by atoms with van der Waals surface area (Å²) < 4.78 is 5.66. The highest BCUT2D eigenvalue weighted by atomic mass is 16.5. The van der Waals surface area contributed by atoms with Crippen LogP contribution in [0.25, 0.3) is 22.3 Å². The van der Waals surface area contributed by atoms with E-state index in [9.17, 15) is 0 Å². The molecule has 1 atom stereocenters. The molecule has 1 unspecified atom stereocenters. The SMILES string of the molecule is NCCc1nc(N2CCCC2c2nc(-c3ccncc3)no2)c2ccccc2n1. The first-order chi connectivity index (χ1) is 14.3. The maximum atomic E-state index is 5.75. The molecule has 8 heteroatoms. The number of benzene rings is 1. The zero-order valence-corrected chi connectivity index (χ0v) is 15.9. The van der Waals surface area contributed by atoms with Crippen LogP contribution in [0.5, 0.6) is 0 Å². The number of aromatic nitrogens is 5. The smallest absolute Gasteiger partial charge is 0.249 e. The third-order valence-corrected chi connectivity index (χ3v) is 5.19. The molecule has 1 aromatic carbocycles. The summed E-state index contributed by atoms with van der Waals surface area (Å²) in [6, 6.07) is 11.8. The van der Waals surface area contributed by atoms with Crippen molar-refractivity contribution >= 4 is 16.7 Å². The summed E-state index contributed by atoms with van der Waals surface area (Å²) in [6.45, 7) is 1.39. The molecule has 0 bridgehead atoms. The van der Waals surface area contributed by atoms with Crippen LogP contribution in [0.4, 0.5) is 5.82 Å². The van der Waals surface area contributed by atoms with E-state index < -0.39 is 0 Å². The number of pyridine rings is 1. The van der Waals surface area contributed by atoms with Crippen molar-refractivity contribution in [3.8, 4) is 11.4 Å². The first-order valence-corrected chi connectivity index (χ1v) is 9.80. The van der Waals surface area contributed by atoms with Crippen LogP contribution in [-0.4, -0.2) is 38.2 Å². The topological polar surface area (TPSA) is 107 Å². The summed E-state index contributed by atoms with van der Waals surface area (Å²) in [5.74, 6) is 2.85. The van der Waals surface area contributed by atoms with Gasteiger partial charge in [0.15, 0.2) is 0 Å². The van der Waals surface area contributed by atoms with Crippen molar-refractivity contribution in [2.75, 3.05) is 18.0 Å². The Morgan fingerprint density at radius 2 is 1.93 bits per heavy atom. The molecule has 1 fully saturated rings. The Morgan fingerprint density at radius 3 is 2.79 bits per heavy atom. The lowest BCUT2D eigenvalue weighted by Gasteiger charge is -2.24. The van der Waals surface area contributed by atoms with Gasteiger partial charge < -0.3 is 15.2 Å². The Morgan fingerprint density at radius 1 is 1.07 bits per heavy atom. The molecule has 8 nitrogen and oxygen atoms in total. The number of anilines is 1. The average molecular weight is 387 g/mol. The third kappa shape index (κ3) is 3.31. The van der Waals surface area contributed by atoms with Crippen molar-refractivity contribution in [2.45, 2.75) is 25.3 Å². The Hall–Kier alpha value is -3.39. The molecule has 0 saturated carbocycles. The standard InChI is InChI=1S/C21H21N7O/c22-10-7-18-24-16-5-2-1-4-15(16)20(25-18)28-13-3-6-17(28)21-26-19(27-29-21)14-8-11-23-12-9-14/h1-2,4-5,8-9,11-12,17H,3,6-7,10,13,22H2. The Balaban J connectivity index is 1.54. The zero-order valence-electron chi connectivity index (χ0n) is 15.9. The third-order valence-electron chi connectivity index (χ3n) is 5.19. The second kappa shape index (κ2) is 7.56. The largest absolute Gasteiger partial charge is 0.344 e. The van der Waals surface area contributed by atoms with Crippen molar-refractivity contribution < 1.29 is 4.52 Å². The van der Waals surface area contributed by atoms with Crippen molar-refractivity contribution in [1.29, 1.82) is 0 Å². The van der Waals surface area contributed by atoms with Crippen LogP contribution >= 0.6 is 0 Å². The molecule has 5 rings (SSSR count). The van der Waals surface area contributed by atoms with Gasteiger partial charge in [-0.15, -0.1) is 0 Å². The van der Waals surface area contributed by atoms with Crippen LogP contribution in [0.1, 0.15) is 30.6 Å². The second-order valence-electron chi connectivity index (χ2n) is 7.06. The van der Waals surface area contributed by atoms with E-state index in [1.807, 2.05) is 30.3 Å². The zero-order chi connectivity index (χ0) is 19.6. The number of nitrogens with zero attached hydrogens (tertiary/aromatic N) is 6. The molecule has 0 amide bonds. The summed E-state index contributed by atoms with van der Waals surface area (Å²) >= 11 is 0. The number of hydrogen-bond donors (Lipinski definition) is 1. The Labute approximate surface area is 167 Å². The number of fused-ring (bicyclic) bond motifs is 1. The number of hydrogen-bond acceptors (Lipinski definition) is 8. The minimum absolute atomic E-state index is 0.0119. The molecule has 1 aliphatic heterocycles. The van der Waals surface area contributed by atoms with E-state index in [1.165, 1.54) is 0 Å². The van der Waals surface area contributed by atoms with Gasteiger partial charge in [-0.2, -0.15) is 4.98 Å². The summed E-state index contributed by atoms with van der Waals surface area (Å²) in [7, 11) is 0. The highest BCUT2D eigenvalue weighted by Crippen LogP contribution is 2.38. The molecule has 2 N–H and O–H groups in total. The van der Waals surface area contributed by atoms with Gasteiger partial charge in [0.05, 0.1) is 5.52 Å². The van der Waals surface area contributed by atoms with Gasteiger partial charge in [0.25, 0.3) is 0 Å². The Bertz CT molecular complexity index is 1130. The highest BCUT2D eigenvalue weighted by Gasteiger charge is 2.33. The molecule has 1 saturated heterocycles. The predicted molar refractivity (Wildman–Crippen MR) is 109 cm³/mol. The first kappa shape index (κ1) is 17.7. The fourth-order valence-corrected chi connectivity index (χ4v) is 3.83. The monoisotopic (exact) mass is 387 g/mol. The molecule has 29 heavy (non-hydrogen) atoms. The molecular weight excluding hydrogens is 366 g/mol. The van der Waals surface area contributed by atoms with Gasteiger partial charge in [0.1, 0.15) is 17.7 Å². The summed E-state index contributed by atoms with van der Waals surface area (Å²) in [5, 5.41) is 5.20. The van der Waals surface area contributed by atoms with Gasteiger partial charge >= 0.3 is 0 Å². The van der Waals surface area contributed by atoms with Crippen molar-refractivity contribution in [2.24, 2.45) is 5.73 Å². The maximum Gasteiger partial charge on any atom is 0.249 e. The minimum Gasteiger partial charge on any atom is -0.344 e. The molecule has 4 aromatic rings. The molecule has 146 valence electrons. The summed E-state index contributed by atoms with van der Waals surface area (Å²) in [6.07, 6.45) is 6.05. The molecule has 0 spiro atoms. The van der Waals surface area contributed by atoms with E-state index in [4.69, 9.17) is 15.2 Å². The van der Waals surface area contributed by atoms with E-state index in [0.29, 0.717) is 24.7 Å². The lowest BCUT2D eigenvalue weighted by molar-refractivity contribution is 0.355. The van der Waals surface area contributed by atoms with Crippen molar-refractivity contribution in [3.05, 3.63) is 60.5 Å². The van der Waals surface area contributed by atoms with Gasteiger partial charge in [-0.1, -0.05) is 17.3 Å². The van der Waals surface area contributed by atoms with Gasteiger partial charge in [-0.3, -0.25) is 4.98 Å². The Kier molecular flexibility index (Phi) is 4.61. The van der Waals surface area contributed by atoms with E-state index in [1.54, 1.807) is 12.4 Å². The average Bonchev–Trinajstić information content (AvgIpc) is 3.44. The van der Waals surface area contributed by atoms with Gasteiger partial charge in [0, 0.05) is 36.3 Å². The molecule has 1 aliphatic rings. The van der Waals surface area contributed by atoms with Crippen LogP contribution in [0.15, 0.2) is 53.3 Å². The molecule has 3 aromatic heterocycles. The van der Waals surface area contributed by atoms with E-state index in [0.717, 1.165) is 47.5 Å². The lowest BCUT2D eigenvalue weighted by Crippen LogP contribution is -2.25. The summed E-state index contributed by atoms with van der Waals surface area (Å²) in [4.78, 5) is 20.5. The first-order valence-electron chi connectivity index (χ1n) is 9.80. The van der Waals surface area contributed by atoms with Crippen molar-refractivity contribution in [1.82, 2.24) is 25.1 Å². The van der Waals surface area contributed by atoms with Crippen LogP contribution in [0, 0.1) is 0 Å². The van der Waals surface area contributed by atoms with Crippen LogP contribution in [0.3, 0.4) is 0 Å². The normalized spacial score (nSPS) is 16.6. The van der Waals surface area contributed by atoms with Crippen LogP contribution in [0.2, 0.25) is 0 Å². The number of para-hydroxylation sites is 1. The number of nitrogens with two attached hydrogens (primary N) is 1. The molecule has 4 heterocycles. The fourth-order valence-electron chi connectivity index (χ4n) is 3.83. The second-order valence-corrected chi connectivity index (χ2v) is 7.06. The van der Waals surface area contributed by atoms with E-state index in [2.05, 4.69) is 31.1 Å². The number of rotatable bonds is 5. The molecule has 0 radical (unpaired) electrons. The van der Waals surface area contributed by atoms with Crippen LogP contribution < -0.4 is 10.6 Å². The summed E-state index contributed by atoms with van der Waals surface area (Å²) in [5.41, 5.74) is 7.57. The molecular formula is C21H21N7O. The molecule has 0 aliphatic carbocycles. The van der Waals surface area contributed by atoms with Crippen molar-refractivity contribution in [3.63, 3.8) is 0 Å². The highest BCUT2D eigenvalue weighted by molar-refractivity contribution is 5.89. The van der Waals surface area contributed by atoms with Crippen LogP contribution in [-0.2, 0) is 6.42 Å². The fraction of sp³-hybridized carbons (Fsp3) is 0.286. The maximum absolute atomic E-state index is 5.75. The van der Waals surface area contributed by atoms with Gasteiger partial charge in [0.2, 0.25) is 11.7 Å².